The topological polar surface area (TPSA) is 25.8 Å². The SMILES string of the molecule is CC1(C)c2ccc(-c3ccc(-c4ccc(-c5cc(-c6cccc7c6-c6ccccc6C7(c6ccccc6)c6ccccc6)nc(-c6ccccc6)n5)c5ccccc45)c4ccccc34)cc2-c2c1ccc1ccccc21. The summed E-state index contributed by atoms with van der Waals surface area (Å²) in [5, 5.41) is 7.36. The van der Waals surface area contributed by atoms with Gasteiger partial charge in [-0.3, -0.25) is 0 Å². The van der Waals surface area contributed by atoms with E-state index in [9.17, 15) is 0 Å². The largest absolute Gasteiger partial charge is 0.228 e. The summed E-state index contributed by atoms with van der Waals surface area (Å²) in [5.41, 5.74) is 22.0. The Morgan fingerprint density at radius 2 is 0.776 bits per heavy atom. The van der Waals surface area contributed by atoms with Gasteiger partial charge >= 0.3 is 0 Å². The lowest BCUT2D eigenvalue weighted by Crippen LogP contribution is -2.28. The van der Waals surface area contributed by atoms with Gasteiger partial charge in [0, 0.05) is 22.1 Å². The minimum Gasteiger partial charge on any atom is -0.228 e. The molecule has 1 heterocycles. The maximum Gasteiger partial charge on any atom is 0.160 e. The number of benzene rings is 12. The first-order valence-electron chi connectivity index (χ1n) is 26.5. The number of rotatable bonds is 7. The highest BCUT2D eigenvalue weighted by Crippen LogP contribution is 2.59. The van der Waals surface area contributed by atoms with E-state index in [4.69, 9.17) is 9.97 Å². The van der Waals surface area contributed by atoms with E-state index in [1.165, 1.54) is 105 Å². The number of nitrogens with zero attached hydrogens (tertiary/aromatic N) is 2. The molecule has 0 saturated heterocycles. The Bertz CT molecular complexity index is 4440. The first-order valence-corrected chi connectivity index (χ1v) is 26.5. The van der Waals surface area contributed by atoms with Gasteiger partial charge in [0.2, 0.25) is 0 Å². The van der Waals surface area contributed by atoms with Gasteiger partial charge in [0.05, 0.1) is 16.8 Å². The quantitative estimate of drug-likeness (QED) is 0.159. The van der Waals surface area contributed by atoms with E-state index in [1.807, 2.05) is 0 Å². The fraction of sp³-hybridized carbons (Fsp3) is 0.0541. The van der Waals surface area contributed by atoms with Crippen LogP contribution in [0.4, 0.5) is 0 Å². The molecule has 0 atom stereocenters. The highest BCUT2D eigenvalue weighted by atomic mass is 14.9. The van der Waals surface area contributed by atoms with Crippen molar-refractivity contribution in [2.75, 3.05) is 0 Å². The van der Waals surface area contributed by atoms with E-state index in [0.717, 1.165) is 33.5 Å². The molecule has 2 heteroatoms. The van der Waals surface area contributed by atoms with E-state index >= 15 is 0 Å². The second-order valence-corrected chi connectivity index (χ2v) is 21.1. The number of aromatic nitrogens is 2. The molecule has 15 rings (SSSR count). The van der Waals surface area contributed by atoms with Gasteiger partial charge < -0.3 is 0 Å². The maximum absolute atomic E-state index is 5.50. The summed E-state index contributed by atoms with van der Waals surface area (Å²) in [5.74, 6) is 0.691. The Morgan fingerprint density at radius 3 is 1.46 bits per heavy atom. The molecule has 0 radical (unpaired) electrons. The van der Waals surface area contributed by atoms with Gasteiger partial charge in [0.1, 0.15) is 0 Å². The fourth-order valence-corrected chi connectivity index (χ4v) is 13.4. The van der Waals surface area contributed by atoms with E-state index in [2.05, 4.69) is 281 Å². The fourth-order valence-electron chi connectivity index (χ4n) is 13.4. The van der Waals surface area contributed by atoms with Crippen molar-refractivity contribution >= 4 is 32.3 Å². The molecule has 0 bridgehead atoms. The number of hydrogen-bond donors (Lipinski definition) is 0. The van der Waals surface area contributed by atoms with E-state index < -0.39 is 5.41 Å². The van der Waals surface area contributed by atoms with Crippen LogP contribution in [0.15, 0.2) is 267 Å². The van der Waals surface area contributed by atoms with Crippen molar-refractivity contribution in [1.29, 1.82) is 0 Å². The molecule has 0 unspecified atom stereocenters. The van der Waals surface area contributed by atoms with Crippen LogP contribution in [0.5, 0.6) is 0 Å². The molecule has 2 aliphatic carbocycles. The smallest absolute Gasteiger partial charge is 0.160 e. The zero-order valence-corrected chi connectivity index (χ0v) is 42.3. The Hall–Kier alpha value is -9.50. The summed E-state index contributed by atoms with van der Waals surface area (Å²) in [4.78, 5) is 11.0. The molecule has 0 fully saturated rings. The van der Waals surface area contributed by atoms with Gasteiger partial charge in [-0.05, 0) is 122 Å². The van der Waals surface area contributed by atoms with Crippen LogP contribution in [0.25, 0.3) is 111 Å². The predicted octanol–water partition coefficient (Wildman–Crippen LogP) is 18.9. The van der Waals surface area contributed by atoms with Crippen LogP contribution in [0.2, 0.25) is 0 Å². The molecule has 76 heavy (non-hydrogen) atoms. The molecule has 2 aliphatic rings. The van der Waals surface area contributed by atoms with Crippen molar-refractivity contribution in [3.05, 3.63) is 300 Å². The molecule has 356 valence electrons. The lowest BCUT2D eigenvalue weighted by Gasteiger charge is -2.33. The summed E-state index contributed by atoms with van der Waals surface area (Å²) in [6, 6.07) is 98.1. The lowest BCUT2D eigenvalue weighted by atomic mass is 9.67. The van der Waals surface area contributed by atoms with Crippen LogP contribution in [0.3, 0.4) is 0 Å². The minimum absolute atomic E-state index is 0.0885. The highest BCUT2D eigenvalue weighted by molar-refractivity contribution is 6.13. The van der Waals surface area contributed by atoms with Gasteiger partial charge in [0.15, 0.2) is 5.82 Å². The molecule has 12 aromatic carbocycles. The Kier molecular flexibility index (Phi) is 9.86. The van der Waals surface area contributed by atoms with Crippen molar-refractivity contribution in [3.63, 3.8) is 0 Å². The maximum atomic E-state index is 5.50. The van der Waals surface area contributed by atoms with Crippen molar-refractivity contribution in [1.82, 2.24) is 9.97 Å². The lowest BCUT2D eigenvalue weighted by molar-refractivity contribution is 0.661. The first-order chi connectivity index (χ1) is 37.5. The first kappa shape index (κ1) is 44.0. The molecular weight excluding hydrogens is 917 g/mol. The Morgan fingerprint density at radius 1 is 0.276 bits per heavy atom. The van der Waals surface area contributed by atoms with Crippen LogP contribution in [-0.2, 0) is 10.8 Å². The average molecular weight is 967 g/mol. The number of fused-ring (bicyclic) bond motifs is 10. The summed E-state index contributed by atoms with van der Waals surface area (Å²) < 4.78 is 0. The van der Waals surface area contributed by atoms with Gasteiger partial charge in [-0.25, -0.2) is 9.97 Å². The van der Waals surface area contributed by atoms with Crippen molar-refractivity contribution in [3.8, 4) is 78.4 Å². The molecule has 0 amide bonds. The summed E-state index contributed by atoms with van der Waals surface area (Å²) in [6.45, 7) is 4.74. The van der Waals surface area contributed by atoms with Crippen LogP contribution >= 0.6 is 0 Å². The van der Waals surface area contributed by atoms with E-state index in [-0.39, 0.29) is 5.41 Å². The molecule has 0 saturated carbocycles. The van der Waals surface area contributed by atoms with Gasteiger partial charge in [-0.15, -0.1) is 0 Å². The third-order valence-electron chi connectivity index (χ3n) is 16.8. The Labute approximate surface area is 443 Å². The van der Waals surface area contributed by atoms with E-state index in [0.29, 0.717) is 5.82 Å². The van der Waals surface area contributed by atoms with Crippen LogP contribution < -0.4 is 0 Å². The van der Waals surface area contributed by atoms with Gasteiger partial charge in [-0.1, -0.05) is 269 Å². The van der Waals surface area contributed by atoms with Crippen LogP contribution in [0.1, 0.15) is 47.2 Å². The monoisotopic (exact) mass is 966 g/mol. The predicted molar refractivity (Wildman–Crippen MR) is 317 cm³/mol. The molecular formula is C74H50N2. The van der Waals surface area contributed by atoms with Crippen molar-refractivity contribution < 1.29 is 0 Å². The molecule has 0 N–H and O–H groups in total. The molecule has 0 spiro atoms. The summed E-state index contributed by atoms with van der Waals surface area (Å²) in [7, 11) is 0. The van der Waals surface area contributed by atoms with Crippen molar-refractivity contribution in [2.45, 2.75) is 24.7 Å². The third kappa shape index (κ3) is 6.47. The van der Waals surface area contributed by atoms with Crippen molar-refractivity contribution in [2.24, 2.45) is 0 Å². The average Bonchev–Trinajstić information content (AvgIpc) is 3.93. The minimum atomic E-state index is -0.531. The molecule has 1 aromatic heterocycles. The zero-order chi connectivity index (χ0) is 50.5. The summed E-state index contributed by atoms with van der Waals surface area (Å²) in [6.07, 6.45) is 0. The van der Waals surface area contributed by atoms with Gasteiger partial charge in [-0.2, -0.15) is 0 Å². The standard InChI is InChI=1S/C74H50N2/c1-73(2)64-43-38-49(45-63(64)70-53-28-13-12-21-47(53)37-44-66(70)73)52-39-40-58(55-30-15-14-29-54(52)55)59-41-42-60(57-32-17-16-31-56(57)59)68-46-69(76-72(75-68)48-22-6-3-7-23-48)62-34-20-36-67-71(62)61-33-18-19-35-65(61)74(67,50-24-8-4-9-25-50)51-26-10-5-11-27-51/h3-46H,1-2H3. The van der Waals surface area contributed by atoms with E-state index in [1.54, 1.807) is 0 Å². The highest BCUT2D eigenvalue weighted by Gasteiger charge is 2.47. The second kappa shape index (κ2) is 17.0. The van der Waals surface area contributed by atoms with Crippen LogP contribution in [-0.4, -0.2) is 9.97 Å². The third-order valence-corrected chi connectivity index (χ3v) is 16.8. The van der Waals surface area contributed by atoms with Crippen LogP contribution in [0, 0.1) is 0 Å². The Balaban J connectivity index is 0.896. The molecule has 2 nitrogen and oxygen atoms in total. The normalized spacial score (nSPS) is 13.6. The molecule has 0 aliphatic heterocycles. The number of hydrogen-bond acceptors (Lipinski definition) is 2. The molecule has 13 aromatic rings. The van der Waals surface area contributed by atoms with Gasteiger partial charge in [0.25, 0.3) is 0 Å². The zero-order valence-electron chi connectivity index (χ0n) is 42.3. The second-order valence-electron chi connectivity index (χ2n) is 21.1. The summed E-state index contributed by atoms with van der Waals surface area (Å²) >= 11 is 0.